The first-order valence-corrected chi connectivity index (χ1v) is 8.08. The number of nitrogen functional groups attached to an aromatic ring is 1. The number of nitrogens with two attached hydrogens (primary N) is 1. The Morgan fingerprint density at radius 1 is 1.33 bits per heavy atom. The molecule has 1 rings (SSSR count). The van der Waals surface area contributed by atoms with Crippen LogP contribution in [-0.2, 0) is 14.8 Å². The fourth-order valence-corrected chi connectivity index (χ4v) is 2.18. The Hall–Kier alpha value is -1.80. The van der Waals surface area contributed by atoms with E-state index in [1.54, 1.807) is 24.3 Å². The molecule has 0 atom stereocenters. The van der Waals surface area contributed by atoms with Crippen molar-refractivity contribution in [2.75, 3.05) is 38.7 Å². The molecule has 3 N–H and O–H groups in total. The Bertz CT molecular complexity index is 573. The van der Waals surface area contributed by atoms with Crippen molar-refractivity contribution in [3.05, 3.63) is 24.3 Å². The van der Waals surface area contributed by atoms with Gasteiger partial charge in [-0.3, -0.25) is 4.79 Å². The Morgan fingerprint density at radius 3 is 2.62 bits per heavy atom. The molecule has 7 nitrogen and oxygen atoms in total. The van der Waals surface area contributed by atoms with Crippen LogP contribution in [0.5, 0.6) is 5.75 Å². The number of carbonyl (C=O) groups is 1. The summed E-state index contributed by atoms with van der Waals surface area (Å²) in [5.74, 6) is 0.136. The van der Waals surface area contributed by atoms with E-state index >= 15 is 0 Å². The van der Waals surface area contributed by atoms with Crippen LogP contribution < -0.4 is 15.8 Å². The summed E-state index contributed by atoms with van der Waals surface area (Å²) >= 11 is 0. The molecule has 0 unspecified atom stereocenters. The summed E-state index contributed by atoms with van der Waals surface area (Å²) in [4.78, 5) is 11.5. The third-order valence-corrected chi connectivity index (χ3v) is 4.58. The molecule has 0 spiro atoms. The molecular formula is C13H21N3O4S. The van der Waals surface area contributed by atoms with Crippen LogP contribution in [0.25, 0.3) is 0 Å². The van der Waals surface area contributed by atoms with E-state index in [1.165, 1.54) is 14.1 Å². The van der Waals surface area contributed by atoms with Gasteiger partial charge in [0, 0.05) is 20.6 Å². The molecule has 0 fully saturated rings. The number of nitrogens with one attached hydrogen (secondary N) is 1. The summed E-state index contributed by atoms with van der Waals surface area (Å²) in [5.41, 5.74) is 6.21. The van der Waals surface area contributed by atoms with Crippen molar-refractivity contribution < 1.29 is 17.9 Å². The maximum absolute atomic E-state index is 11.5. The number of anilines is 1. The molecule has 0 aliphatic carbocycles. The smallest absolute Gasteiger partial charge is 0.223 e. The van der Waals surface area contributed by atoms with Gasteiger partial charge in [-0.1, -0.05) is 12.1 Å². The van der Waals surface area contributed by atoms with E-state index in [4.69, 9.17) is 10.5 Å². The summed E-state index contributed by atoms with van der Waals surface area (Å²) in [6.45, 7) is 0.257. The second kappa shape index (κ2) is 7.84. The SMILES string of the molecule is CN(C)S(=O)(=O)CCNC(=O)CCOc1ccccc1N. The van der Waals surface area contributed by atoms with E-state index in [9.17, 15) is 13.2 Å². The van der Waals surface area contributed by atoms with Gasteiger partial charge in [0.25, 0.3) is 0 Å². The van der Waals surface area contributed by atoms with E-state index in [0.29, 0.717) is 11.4 Å². The molecule has 0 saturated carbocycles. The minimum absolute atomic E-state index is 0.0762. The van der Waals surface area contributed by atoms with E-state index in [1.807, 2.05) is 0 Å². The van der Waals surface area contributed by atoms with Crippen molar-refractivity contribution in [1.82, 2.24) is 9.62 Å². The molecular weight excluding hydrogens is 294 g/mol. The third kappa shape index (κ3) is 6.01. The average molecular weight is 315 g/mol. The van der Waals surface area contributed by atoms with Crippen molar-refractivity contribution in [3.63, 3.8) is 0 Å². The van der Waals surface area contributed by atoms with Crippen LogP contribution in [-0.4, -0.2) is 51.6 Å². The Kier molecular flexibility index (Phi) is 6.44. The summed E-state index contributed by atoms with van der Waals surface area (Å²) < 4.78 is 29.5. The van der Waals surface area contributed by atoms with E-state index < -0.39 is 10.0 Å². The molecule has 1 aromatic carbocycles. The van der Waals surface area contributed by atoms with Gasteiger partial charge in [0.1, 0.15) is 5.75 Å². The zero-order chi connectivity index (χ0) is 15.9. The molecule has 1 amide bonds. The van der Waals surface area contributed by atoms with Gasteiger partial charge in [-0.25, -0.2) is 12.7 Å². The number of benzene rings is 1. The van der Waals surface area contributed by atoms with Crippen molar-refractivity contribution in [2.24, 2.45) is 0 Å². The maximum atomic E-state index is 11.5. The summed E-state index contributed by atoms with van der Waals surface area (Å²) in [6, 6.07) is 7.01. The summed E-state index contributed by atoms with van der Waals surface area (Å²) in [7, 11) is -0.385. The number of hydrogen-bond donors (Lipinski definition) is 2. The maximum Gasteiger partial charge on any atom is 0.223 e. The summed E-state index contributed by atoms with van der Waals surface area (Å²) in [5, 5.41) is 2.54. The van der Waals surface area contributed by atoms with Gasteiger partial charge in [-0.05, 0) is 12.1 Å². The van der Waals surface area contributed by atoms with Crippen LogP contribution in [0.1, 0.15) is 6.42 Å². The molecule has 0 aliphatic rings. The van der Waals surface area contributed by atoms with E-state index in [2.05, 4.69) is 5.32 Å². The van der Waals surface area contributed by atoms with Crippen LogP contribution in [0.15, 0.2) is 24.3 Å². The first-order chi connectivity index (χ1) is 9.83. The number of sulfonamides is 1. The monoisotopic (exact) mass is 315 g/mol. The largest absolute Gasteiger partial charge is 0.491 e. The minimum atomic E-state index is -3.29. The molecule has 0 aliphatic heterocycles. The Balaban J connectivity index is 2.25. The molecule has 0 saturated heterocycles. The minimum Gasteiger partial charge on any atom is -0.491 e. The fourth-order valence-electron chi connectivity index (χ4n) is 1.46. The Labute approximate surface area is 125 Å². The van der Waals surface area contributed by atoms with Gasteiger partial charge < -0.3 is 15.8 Å². The average Bonchev–Trinajstić information content (AvgIpc) is 2.40. The molecule has 21 heavy (non-hydrogen) atoms. The number of rotatable bonds is 8. The van der Waals surface area contributed by atoms with Crippen molar-refractivity contribution >= 4 is 21.6 Å². The van der Waals surface area contributed by atoms with Crippen LogP contribution in [0, 0.1) is 0 Å². The highest BCUT2D eigenvalue weighted by molar-refractivity contribution is 7.89. The number of nitrogens with zero attached hydrogens (tertiary/aromatic N) is 1. The normalized spacial score (nSPS) is 11.4. The lowest BCUT2D eigenvalue weighted by Gasteiger charge is -2.12. The lowest BCUT2D eigenvalue weighted by molar-refractivity contribution is -0.121. The number of amides is 1. The van der Waals surface area contributed by atoms with E-state index in [-0.39, 0.29) is 31.2 Å². The highest BCUT2D eigenvalue weighted by Crippen LogP contribution is 2.19. The third-order valence-electron chi connectivity index (χ3n) is 2.74. The van der Waals surface area contributed by atoms with Gasteiger partial charge in [0.15, 0.2) is 0 Å². The number of carbonyl (C=O) groups excluding carboxylic acids is 1. The first-order valence-electron chi connectivity index (χ1n) is 6.47. The predicted molar refractivity (Wildman–Crippen MR) is 81.4 cm³/mol. The zero-order valence-electron chi connectivity index (χ0n) is 12.2. The predicted octanol–water partition coefficient (Wildman–Crippen LogP) is 0.0453. The molecule has 0 radical (unpaired) electrons. The Morgan fingerprint density at radius 2 is 2.00 bits per heavy atom. The molecule has 0 heterocycles. The van der Waals surface area contributed by atoms with Crippen LogP contribution in [0.2, 0.25) is 0 Å². The molecule has 8 heteroatoms. The van der Waals surface area contributed by atoms with Crippen molar-refractivity contribution in [2.45, 2.75) is 6.42 Å². The number of hydrogen-bond acceptors (Lipinski definition) is 5. The summed E-state index contributed by atoms with van der Waals surface area (Å²) in [6.07, 6.45) is 0.135. The van der Waals surface area contributed by atoms with Gasteiger partial charge in [0.05, 0.1) is 24.5 Å². The fraction of sp³-hybridized carbons (Fsp3) is 0.462. The second-order valence-corrected chi connectivity index (χ2v) is 6.89. The highest BCUT2D eigenvalue weighted by Gasteiger charge is 2.13. The van der Waals surface area contributed by atoms with Gasteiger partial charge in [-0.2, -0.15) is 0 Å². The van der Waals surface area contributed by atoms with E-state index in [0.717, 1.165) is 4.31 Å². The molecule has 0 aromatic heterocycles. The standard InChI is InChI=1S/C13H21N3O4S/c1-16(2)21(18,19)10-8-15-13(17)7-9-20-12-6-4-3-5-11(12)14/h3-6H,7-10,14H2,1-2H3,(H,15,17). The number of para-hydroxylation sites is 2. The van der Waals surface area contributed by atoms with Crippen LogP contribution in [0.4, 0.5) is 5.69 Å². The van der Waals surface area contributed by atoms with Crippen LogP contribution in [0.3, 0.4) is 0 Å². The number of ether oxygens (including phenoxy) is 1. The zero-order valence-corrected chi connectivity index (χ0v) is 13.0. The topological polar surface area (TPSA) is 102 Å². The lowest BCUT2D eigenvalue weighted by Crippen LogP contribution is -2.34. The van der Waals surface area contributed by atoms with Gasteiger partial charge in [-0.15, -0.1) is 0 Å². The quantitative estimate of drug-likeness (QED) is 0.660. The molecule has 1 aromatic rings. The van der Waals surface area contributed by atoms with Gasteiger partial charge >= 0.3 is 0 Å². The van der Waals surface area contributed by atoms with Crippen LogP contribution >= 0.6 is 0 Å². The first kappa shape index (κ1) is 17.3. The second-order valence-electron chi connectivity index (χ2n) is 4.58. The molecule has 118 valence electrons. The van der Waals surface area contributed by atoms with Gasteiger partial charge in [0.2, 0.25) is 15.9 Å². The lowest BCUT2D eigenvalue weighted by atomic mass is 10.3. The molecule has 0 bridgehead atoms. The van der Waals surface area contributed by atoms with Crippen molar-refractivity contribution in [1.29, 1.82) is 0 Å². The highest BCUT2D eigenvalue weighted by atomic mass is 32.2. The van der Waals surface area contributed by atoms with Crippen molar-refractivity contribution in [3.8, 4) is 5.75 Å².